The van der Waals surface area contributed by atoms with E-state index in [0.717, 1.165) is 38.0 Å². The molecule has 1 fully saturated rings. The lowest BCUT2D eigenvalue weighted by Crippen LogP contribution is -2.41. The molecule has 4 nitrogen and oxygen atoms in total. The third-order valence-corrected chi connectivity index (χ3v) is 3.95. The Morgan fingerprint density at radius 2 is 2.37 bits per heavy atom. The van der Waals surface area contributed by atoms with Crippen molar-refractivity contribution in [2.24, 2.45) is 5.92 Å². The van der Waals surface area contributed by atoms with Crippen LogP contribution in [0.15, 0.2) is 18.2 Å². The Kier molecular flexibility index (Phi) is 4.66. The predicted octanol–water partition coefficient (Wildman–Crippen LogP) is 1.88. The van der Waals surface area contributed by atoms with Gasteiger partial charge in [0.05, 0.1) is 5.92 Å². The first kappa shape index (κ1) is 14.2. The van der Waals surface area contributed by atoms with Gasteiger partial charge in [-0.3, -0.25) is 9.69 Å². The standard InChI is InChI=1S/C14H20ClN3O/c1-17-14(19)11-3-2-6-18(9-11)8-10-4-5-12(16)7-13(10)15/h4-5,7,11H,2-3,6,8-9,16H2,1H3,(H,17,19). The first-order valence-corrected chi connectivity index (χ1v) is 6.96. The monoisotopic (exact) mass is 281 g/mol. The highest BCUT2D eigenvalue weighted by Crippen LogP contribution is 2.24. The van der Waals surface area contributed by atoms with Crippen molar-refractivity contribution in [3.63, 3.8) is 0 Å². The summed E-state index contributed by atoms with van der Waals surface area (Å²) in [6.07, 6.45) is 2.01. The summed E-state index contributed by atoms with van der Waals surface area (Å²) in [5.41, 5.74) is 7.43. The van der Waals surface area contributed by atoms with Crippen LogP contribution in [0.1, 0.15) is 18.4 Å². The van der Waals surface area contributed by atoms with E-state index in [9.17, 15) is 4.79 Å². The molecule has 1 aromatic rings. The lowest BCUT2D eigenvalue weighted by Gasteiger charge is -2.32. The fourth-order valence-electron chi connectivity index (χ4n) is 2.55. The average Bonchev–Trinajstić information content (AvgIpc) is 2.41. The highest BCUT2D eigenvalue weighted by Gasteiger charge is 2.25. The third kappa shape index (κ3) is 3.61. The van der Waals surface area contributed by atoms with Crippen molar-refractivity contribution in [2.45, 2.75) is 19.4 Å². The molecule has 19 heavy (non-hydrogen) atoms. The number of nitrogens with one attached hydrogen (secondary N) is 1. The van der Waals surface area contributed by atoms with E-state index < -0.39 is 0 Å². The Morgan fingerprint density at radius 3 is 3.05 bits per heavy atom. The van der Waals surface area contributed by atoms with E-state index in [1.807, 2.05) is 12.1 Å². The van der Waals surface area contributed by atoms with Crippen molar-refractivity contribution in [3.8, 4) is 0 Å². The Hall–Kier alpha value is -1.26. The highest BCUT2D eigenvalue weighted by atomic mass is 35.5. The van der Waals surface area contributed by atoms with E-state index in [0.29, 0.717) is 10.7 Å². The molecule has 0 radical (unpaired) electrons. The van der Waals surface area contributed by atoms with Gasteiger partial charge in [-0.15, -0.1) is 0 Å². The number of nitrogen functional groups attached to an aromatic ring is 1. The topological polar surface area (TPSA) is 58.4 Å². The van der Waals surface area contributed by atoms with Gasteiger partial charge in [0, 0.05) is 30.8 Å². The molecule has 1 amide bonds. The molecule has 1 aromatic carbocycles. The van der Waals surface area contributed by atoms with Gasteiger partial charge in [0.25, 0.3) is 0 Å². The maximum Gasteiger partial charge on any atom is 0.224 e. The molecule has 0 aliphatic carbocycles. The van der Waals surface area contributed by atoms with E-state index in [1.54, 1.807) is 13.1 Å². The summed E-state index contributed by atoms with van der Waals surface area (Å²) in [5, 5.41) is 3.43. The second kappa shape index (κ2) is 6.26. The van der Waals surface area contributed by atoms with Crippen LogP contribution in [0.3, 0.4) is 0 Å². The van der Waals surface area contributed by atoms with Crippen LogP contribution in [-0.4, -0.2) is 30.9 Å². The zero-order chi connectivity index (χ0) is 13.8. The summed E-state index contributed by atoms with van der Waals surface area (Å²) in [5.74, 6) is 0.222. The molecule has 0 bridgehead atoms. The lowest BCUT2D eigenvalue weighted by atomic mass is 9.97. The van der Waals surface area contributed by atoms with Gasteiger partial charge in [-0.2, -0.15) is 0 Å². The quantitative estimate of drug-likeness (QED) is 0.832. The number of nitrogens with two attached hydrogens (primary N) is 1. The highest BCUT2D eigenvalue weighted by molar-refractivity contribution is 6.31. The van der Waals surface area contributed by atoms with E-state index in [1.165, 1.54) is 0 Å². The van der Waals surface area contributed by atoms with Crippen molar-refractivity contribution in [2.75, 3.05) is 25.9 Å². The van der Waals surface area contributed by atoms with Gasteiger partial charge in [0.15, 0.2) is 0 Å². The van der Waals surface area contributed by atoms with Crippen molar-refractivity contribution < 1.29 is 4.79 Å². The van der Waals surface area contributed by atoms with Crippen LogP contribution in [0.2, 0.25) is 5.02 Å². The number of hydrogen-bond acceptors (Lipinski definition) is 3. The summed E-state index contributed by atoms with van der Waals surface area (Å²) >= 11 is 6.19. The van der Waals surface area contributed by atoms with E-state index >= 15 is 0 Å². The molecule has 2 rings (SSSR count). The number of piperidine rings is 1. The summed E-state index contributed by atoms with van der Waals surface area (Å²) in [4.78, 5) is 14.0. The van der Waals surface area contributed by atoms with Crippen LogP contribution >= 0.6 is 11.6 Å². The number of hydrogen-bond donors (Lipinski definition) is 2. The van der Waals surface area contributed by atoms with Crippen LogP contribution in [-0.2, 0) is 11.3 Å². The SMILES string of the molecule is CNC(=O)C1CCCN(Cc2ccc(N)cc2Cl)C1. The Balaban J connectivity index is 2.00. The molecular weight excluding hydrogens is 262 g/mol. The van der Waals surface area contributed by atoms with E-state index in [2.05, 4.69) is 10.2 Å². The minimum atomic E-state index is 0.0892. The van der Waals surface area contributed by atoms with Gasteiger partial charge < -0.3 is 11.1 Å². The van der Waals surface area contributed by atoms with Crippen LogP contribution in [0, 0.1) is 5.92 Å². The van der Waals surface area contributed by atoms with Crippen LogP contribution in [0.5, 0.6) is 0 Å². The first-order valence-electron chi connectivity index (χ1n) is 6.58. The molecule has 1 aliphatic heterocycles. The molecule has 3 N–H and O–H groups in total. The second-order valence-corrected chi connectivity index (χ2v) is 5.45. The van der Waals surface area contributed by atoms with Gasteiger partial charge in [-0.05, 0) is 37.1 Å². The Labute approximate surface area is 118 Å². The van der Waals surface area contributed by atoms with Crippen LogP contribution in [0.4, 0.5) is 5.69 Å². The molecule has 1 aliphatic rings. The van der Waals surface area contributed by atoms with Gasteiger partial charge in [0.2, 0.25) is 5.91 Å². The second-order valence-electron chi connectivity index (χ2n) is 5.04. The average molecular weight is 282 g/mol. The van der Waals surface area contributed by atoms with Crippen molar-refractivity contribution in [3.05, 3.63) is 28.8 Å². The normalized spacial score (nSPS) is 20.2. The summed E-state index contributed by atoms with van der Waals surface area (Å²) in [6.45, 7) is 2.57. The number of likely N-dealkylation sites (tertiary alicyclic amines) is 1. The number of nitrogens with zero attached hydrogens (tertiary/aromatic N) is 1. The molecule has 5 heteroatoms. The van der Waals surface area contributed by atoms with Crippen molar-refractivity contribution >= 4 is 23.2 Å². The largest absolute Gasteiger partial charge is 0.399 e. The molecule has 1 heterocycles. The zero-order valence-corrected chi connectivity index (χ0v) is 11.9. The van der Waals surface area contributed by atoms with Gasteiger partial charge in [-0.25, -0.2) is 0 Å². The summed E-state index contributed by atoms with van der Waals surface area (Å²) in [7, 11) is 1.69. The minimum Gasteiger partial charge on any atom is -0.399 e. The Bertz CT molecular complexity index is 464. The lowest BCUT2D eigenvalue weighted by molar-refractivity contribution is -0.126. The minimum absolute atomic E-state index is 0.0892. The molecule has 1 saturated heterocycles. The fourth-order valence-corrected chi connectivity index (χ4v) is 2.80. The molecule has 0 aromatic heterocycles. The molecule has 0 saturated carbocycles. The summed E-state index contributed by atoms with van der Waals surface area (Å²) < 4.78 is 0. The smallest absolute Gasteiger partial charge is 0.224 e. The molecular formula is C14H20ClN3O. The molecule has 1 atom stereocenters. The van der Waals surface area contributed by atoms with Gasteiger partial charge in [0.1, 0.15) is 0 Å². The van der Waals surface area contributed by atoms with Crippen LogP contribution in [0.25, 0.3) is 0 Å². The summed E-state index contributed by atoms with van der Waals surface area (Å²) in [6, 6.07) is 5.60. The number of amides is 1. The molecule has 1 unspecified atom stereocenters. The maximum atomic E-state index is 11.7. The molecule has 0 spiro atoms. The first-order chi connectivity index (χ1) is 9.10. The predicted molar refractivity (Wildman–Crippen MR) is 77.9 cm³/mol. The number of carbonyl (C=O) groups excluding carboxylic acids is 1. The van der Waals surface area contributed by atoms with E-state index in [4.69, 9.17) is 17.3 Å². The number of rotatable bonds is 3. The number of halogens is 1. The van der Waals surface area contributed by atoms with Crippen molar-refractivity contribution in [1.29, 1.82) is 0 Å². The maximum absolute atomic E-state index is 11.7. The van der Waals surface area contributed by atoms with E-state index in [-0.39, 0.29) is 11.8 Å². The number of benzene rings is 1. The van der Waals surface area contributed by atoms with Crippen LogP contribution < -0.4 is 11.1 Å². The molecule has 104 valence electrons. The third-order valence-electron chi connectivity index (χ3n) is 3.59. The number of carbonyl (C=O) groups is 1. The van der Waals surface area contributed by atoms with Crippen molar-refractivity contribution in [1.82, 2.24) is 10.2 Å². The van der Waals surface area contributed by atoms with Gasteiger partial charge >= 0.3 is 0 Å². The number of anilines is 1. The zero-order valence-electron chi connectivity index (χ0n) is 11.2. The fraction of sp³-hybridized carbons (Fsp3) is 0.500. The Morgan fingerprint density at radius 1 is 1.58 bits per heavy atom. The van der Waals surface area contributed by atoms with Gasteiger partial charge in [-0.1, -0.05) is 17.7 Å².